The maximum atomic E-state index is 13.0. The normalized spacial score (nSPS) is 17.1. The van der Waals surface area contributed by atoms with Crippen molar-refractivity contribution in [3.05, 3.63) is 59.7 Å². The number of aliphatic carboxylic acids is 1. The first-order valence-electron chi connectivity index (χ1n) is 12.4. The number of benzene rings is 2. The van der Waals surface area contributed by atoms with Gasteiger partial charge >= 0.3 is 12.1 Å². The fourth-order valence-corrected chi connectivity index (χ4v) is 5.42. The van der Waals surface area contributed by atoms with Gasteiger partial charge in [-0.15, -0.1) is 0 Å². The molecular formula is C28H34N2O5. The van der Waals surface area contributed by atoms with Crippen molar-refractivity contribution in [1.29, 1.82) is 0 Å². The zero-order valence-electron chi connectivity index (χ0n) is 20.5. The van der Waals surface area contributed by atoms with E-state index < -0.39 is 23.6 Å². The molecule has 0 spiro atoms. The van der Waals surface area contributed by atoms with Crippen LogP contribution in [0, 0.1) is 0 Å². The predicted molar refractivity (Wildman–Crippen MR) is 133 cm³/mol. The van der Waals surface area contributed by atoms with Crippen LogP contribution in [0.4, 0.5) is 4.79 Å². The summed E-state index contributed by atoms with van der Waals surface area (Å²) in [6.07, 6.45) is 4.78. The molecule has 0 radical (unpaired) electrons. The first-order chi connectivity index (χ1) is 16.8. The van der Waals surface area contributed by atoms with Crippen LogP contribution in [0.1, 0.15) is 68.9 Å². The van der Waals surface area contributed by atoms with E-state index in [-0.39, 0.29) is 24.9 Å². The number of rotatable bonds is 8. The first kappa shape index (κ1) is 24.8. The molecule has 0 bridgehead atoms. The lowest BCUT2D eigenvalue weighted by Crippen LogP contribution is -2.51. The maximum Gasteiger partial charge on any atom is 0.407 e. The lowest BCUT2D eigenvalue weighted by Gasteiger charge is -2.38. The fraction of sp³-hybridized carbons (Fsp3) is 0.464. The predicted octanol–water partition coefficient (Wildman–Crippen LogP) is 4.94. The van der Waals surface area contributed by atoms with E-state index in [2.05, 4.69) is 29.6 Å². The third kappa shape index (κ3) is 5.34. The Kier molecular flexibility index (Phi) is 7.43. The molecule has 2 N–H and O–H groups in total. The molecule has 1 fully saturated rings. The minimum Gasteiger partial charge on any atom is -0.480 e. The summed E-state index contributed by atoms with van der Waals surface area (Å²) in [5.41, 5.74) is 4.17. The Morgan fingerprint density at radius 1 is 1.03 bits per heavy atom. The molecule has 1 atom stereocenters. The molecule has 4 rings (SSSR count). The number of nitrogens with zero attached hydrogens (tertiary/aromatic N) is 1. The Hall–Kier alpha value is -3.35. The van der Waals surface area contributed by atoms with Crippen LogP contribution in [0.5, 0.6) is 0 Å². The first-order valence-corrected chi connectivity index (χ1v) is 12.4. The van der Waals surface area contributed by atoms with E-state index in [1.54, 1.807) is 0 Å². The molecule has 0 saturated heterocycles. The topological polar surface area (TPSA) is 95.9 Å². The van der Waals surface area contributed by atoms with E-state index in [0.717, 1.165) is 43.2 Å². The van der Waals surface area contributed by atoms with Gasteiger partial charge in [0.1, 0.15) is 12.6 Å². The third-order valence-electron chi connectivity index (χ3n) is 7.67. The number of carbonyl (C=O) groups excluding carboxylic acids is 2. The average Bonchev–Trinajstić information content (AvgIpc) is 3.19. The van der Waals surface area contributed by atoms with E-state index in [4.69, 9.17) is 4.74 Å². The molecule has 7 heteroatoms. The van der Waals surface area contributed by atoms with Crippen LogP contribution >= 0.6 is 0 Å². The standard InChI is InChI=1S/C28H34N2O5/c1-19(26(32)33)30(2)25(31)14-17-28(15-8-3-9-16-28)29-27(34)35-18-24-22-12-6-4-10-20(22)21-11-5-7-13-23(21)24/h4-7,10-13,19,24H,3,8-9,14-18H2,1-2H3,(H,29,34)(H,32,33)/t19-/m0/s1. The highest BCUT2D eigenvalue weighted by molar-refractivity contribution is 5.83. The number of alkyl carbamates (subject to hydrolysis) is 1. The van der Waals surface area contributed by atoms with Crippen LogP contribution in [0.2, 0.25) is 0 Å². The fourth-order valence-electron chi connectivity index (χ4n) is 5.42. The van der Waals surface area contributed by atoms with Gasteiger partial charge in [-0.2, -0.15) is 0 Å². The molecule has 0 aliphatic heterocycles. The van der Waals surface area contributed by atoms with Gasteiger partial charge in [-0.3, -0.25) is 4.79 Å². The summed E-state index contributed by atoms with van der Waals surface area (Å²) < 4.78 is 5.77. The highest BCUT2D eigenvalue weighted by Gasteiger charge is 2.36. The largest absolute Gasteiger partial charge is 0.480 e. The lowest BCUT2D eigenvalue weighted by atomic mass is 9.78. The summed E-state index contributed by atoms with van der Waals surface area (Å²) in [6, 6.07) is 15.5. The number of carboxylic acid groups (broad SMARTS) is 1. The van der Waals surface area contributed by atoms with Crippen molar-refractivity contribution in [3.63, 3.8) is 0 Å². The third-order valence-corrected chi connectivity index (χ3v) is 7.67. The van der Waals surface area contributed by atoms with Crippen molar-refractivity contribution in [2.24, 2.45) is 0 Å². The second-order valence-corrected chi connectivity index (χ2v) is 9.81. The minimum atomic E-state index is -1.04. The molecule has 7 nitrogen and oxygen atoms in total. The number of nitrogens with one attached hydrogen (secondary N) is 1. The number of fused-ring (bicyclic) bond motifs is 3. The molecule has 0 unspecified atom stereocenters. The molecule has 0 heterocycles. The van der Waals surface area contributed by atoms with Crippen LogP contribution in [-0.2, 0) is 14.3 Å². The maximum absolute atomic E-state index is 13.0. The Morgan fingerprint density at radius 2 is 1.60 bits per heavy atom. The lowest BCUT2D eigenvalue weighted by molar-refractivity contribution is -0.148. The van der Waals surface area contributed by atoms with Crippen LogP contribution in [0.3, 0.4) is 0 Å². The van der Waals surface area contributed by atoms with Crippen molar-refractivity contribution in [2.45, 2.75) is 69.4 Å². The van der Waals surface area contributed by atoms with Crippen LogP contribution in [0.25, 0.3) is 11.1 Å². The van der Waals surface area contributed by atoms with Crippen molar-refractivity contribution < 1.29 is 24.2 Å². The molecule has 2 aliphatic carbocycles. The quantitative estimate of drug-likeness (QED) is 0.560. The molecule has 2 amide bonds. The van der Waals surface area contributed by atoms with Crippen molar-refractivity contribution in [3.8, 4) is 11.1 Å². The van der Waals surface area contributed by atoms with Crippen molar-refractivity contribution >= 4 is 18.0 Å². The van der Waals surface area contributed by atoms with Gasteiger partial charge in [0.2, 0.25) is 5.91 Å². The van der Waals surface area contributed by atoms with E-state index in [9.17, 15) is 19.5 Å². The smallest absolute Gasteiger partial charge is 0.407 e. The molecular weight excluding hydrogens is 444 g/mol. The number of amides is 2. The summed E-state index contributed by atoms with van der Waals surface area (Å²) in [5.74, 6) is -1.28. The average molecular weight is 479 g/mol. The van der Waals surface area contributed by atoms with Gasteiger partial charge < -0.3 is 20.1 Å². The number of carboxylic acids is 1. The van der Waals surface area contributed by atoms with Crippen molar-refractivity contribution in [2.75, 3.05) is 13.7 Å². The Balaban J connectivity index is 1.40. The molecule has 186 valence electrons. The van der Waals surface area contributed by atoms with Crippen LogP contribution in [0.15, 0.2) is 48.5 Å². The SMILES string of the molecule is C[C@@H](C(=O)O)N(C)C(=O)CCC1(NC(=O)OCC2c3ccccc3-c3ccccc32)CCCCC1. The van der Waals surface area contributed by atoms with Crippen LogP contribution < -0.4 is 5.32 Å². The summed E-state index contributed by atoms with van der Waals surface area (Å²) in [5, 5.41) is 12.3. The highest BCUT2D eigenvalue weighted by atomic mass is 16.5. The number of hydrogen-bond acceptors (Lipinski definition) is 4. The van der Waals surface area contributed by atoms with E-state index in [1.807, 2.05) is 24.3 Å². The van der Waals surface area contributed by atoms with Gasteiger partial charge in [-0.05, 0) is 48.4 Å². The van der Waals surface area contributed by atoms with Gasteiger partial charge in [0.15, 0.2) is 0 Å². The monoisotopic (exact) mass is 478 g/mol. The zero-order valence-corrected chi connectivity index (χ0v) is 20.5. The van der Waals surface area contributed by atoms with E-state index >= 15 is 0 Å². The second kappa shape index (κ2) is 10.5. The summed E-state index contributed by atoms with van der Waals surface area (Å²) in [4.78, 5) is 38.1. The van der Waals surface area contributed by atoms with Crippen molar-refractivity contribution in [1.82, 2.24) is 10.2 Å². The molecule has 1 saturated carbocycles. The van der Waals surface area contributed by atoms with Gasteiger partial charge in [0, 0.05) is 24.9 Å². The second-order valence-electron chi connectivity index (χ2n) is 9.81. The molecule has 2 aliphatic rings. The molecule has 35 heavy (non-hydrogen) atoms. The number of hydrogen-bond donors (Lipinski definition) is 2. The van der Waals surface area contributed by atoms with Crippen LogP contribution in [-0.4, -0.2) is 53.2 Å². The van der Waals surface area contributed by atoms with E-state index in [1.165, 1.54) is 30.0 Å². The van der Waals surface area contributed by atoms with Gasteiger partial charge in [-0.25, -0.2) is 9.59 Å². The summed E-state index contributed by atoms with van der Waals surface area (Å²) in [6.45, 7) is 1.74. The zero-order chi connectivity index (χ0) is 25.0. The molecule has 0 aromatic heterocycles. The Morgan fingerprint density at radius 3 is 2.17 bits per heavy atom. The Bertz CT molecular complexity index is 1050. The Labute approximate surface area is 206 Å². The number of ether oxygens (including phenoxy) is 1. The molecule has 2 aromatic rings. The molecule has 2 aromatic carbocycles. The van der Waals surface area contributed by atoms with Gasteiger partial charge in [0.25, 0.3) is 0 Å². The summed E-state index contributed by atoms with van der Waals surface area (Å²) >= 11 is 0. The number of likely N-dealkylation sites (N-methyl/N-ethyl adjacent to an activating group) is 1. The number of carbonyl (C=O) groups is 3. The van der Waals surface area contributed by atoms with Gasteiger partial charge in [0.05, 0.1) is 0 Å². The van der Waals surface area contributed by atoms with E-state index in [0.29, 0.717) is 6.42 Å². The minimum absolute atomic E-state index is 0.0109. The summed E-state index contributed by atoms with van der Waals surface area (Å²) in [7, 11) is 1.51. The highest BCUT2D eigenvalue weighted by Crippen LogP contribution is 2.44. The van der Waals surface area contributed by atoms with Gasteiger partial charge in [-0.1, -0.05) is 67.8 Å².